The van der Waals surface area contributed by atoms with E-state index in [1.54, 1.807) is 0 Å². The number of rotatable bonds is 6. The summed E-state index contributed by atoms with van der Waals surface area (Å²) in [6, 6.07) is 10.1. The minimum atomic E-state index is -3.14. The Morgan fingerprint density at radius 2 is 1.71 bits per heavy atom. The summed E-state index contributed by atoms with van der Waals surface area (Å²) in [7, 11) is -3.14. The van der Waals surface area contributed by atoms with Gasteiger partial charge in [0, 0.05) is 38.8 Å². The minimum Gasteiger partial charge on any atom is -0.335 e. The van der Waals surface area contributed by atoms with Gasteiger partial charge >= 0.3 is 0 Å². The second kappa shape index (κ2) is 8.09. The first-order chi connectivity index (χ1) is 11.3. The van der Waals surface area contributed by atoms with Crippen LogP contribution in [0.15, 0.2) is 30.3 Å². The van der Waals surface area contributed by atoms with Gasteiger partial charge in [-0.25, -0.2) is 8.42 Å². The Bertz CT molecular complexity index is 638. The van der Waals surface area contributed by atoms with E-state index < -0.39 is 10.0 Å². The number of hydrogen-bond acceptors (Lipinski definition) is 4. The number of amides is 1. The van der Waals surface area contributed by atoms with Gasteiger partial charge in [-0.2, -0.15) is 4.31 Å². The van der Waals surface area contributed by atoms with E-state index in [2.05, 4.69) is 0 Å². The second-order valence-corrected chi connectivity index (χ2v) is 8.52. The van der Waals surface area contributed by atoms with Crippen molar-refractivity contribution in [3.63, 3.8) is 0 Å². The van der Waals surface area contributed by atoms with Crippen molar-refractivity contribution in [2.75, 3.05) is 39.0 Å². The lowest BCUT2D eigenvalue weighted by atomic mass is 10.2. The molecule has 0 saturated carbocycles. The summed E-state index contributed by atoms with van der Waals surface area (Å²) in [5, 5.41) is 0. The van der Waals surface area contributed by atoms with E-state index >= 15 is 0 Å². The van der Waals surface area contributed by atoms with Crippen molar-refractivity contribution in [2.45, 2.75) is 26.4 Å². The minimum absolute atomic E-state index is 0.0849. The van der Waals surface area contributed by atoms with E-state index in [0.717, 1.165) is 5.56 Å². The quantitative estimate of drug-likeness (QED) is 0.766. The Hall–Kier alpha value is -1.44. The molecule has 1 aromatic carbocycles. The first kappa shape index (κ1) is 18.9. The van der Waals surface area contributed by atoms with E-state index in [-0.39, 0.29) is 11.9 Å². The number of carbonyl (C=O) groups excluding carboxylic acids is 1. The van der Waals surface area contributed by atoms with Gasteiger partial charge in [-0.15, -0.1) is 0 Å². The van der Waals surface area contributed by atoms with Crippen molar-refractivity contribution >= 4 is 15.9 Å². The molecule has 0 radical (unpaired) electrons. The van der Waals surface area contributed by atoms with Crippen LogP contribution in [0.25, 0.3) is 0 Å². The van der Waals surface area contributed by atoms with Crippen LogP contribution in [0.2, 0.25) is 0 Å². The summed E-state index contributed by atoms with van der Waals surface area (Å²) in [4.78, 5) is 16.6. The molecule has 2 rings (SSSR count). The molecule has 134 valence electrons. The lowest BCUT2D eigenvalue weighted by Crippen LogP contribution is -2.51. The van der Waals surface area contributed by atoms with Crippen molar-refractivity contribution < 1.29 is 13.2 Å². The van der Waals surface area contributed by atoms with Crippen molar-refractivity contribution in [1.82, 2.24) is 14.1 Å². The summed E-state index contributed by atoms with van der Waals surface area (Å²) in [5.41, 5.74) is 1.11. The molecule has 0 aliphatic carbocycles. The van der Waals surface area contributed by atoms with E-state index in [1.807, 2.05) is 54.0 Å². The molecule has 0 N–H and O–H groups in total. The molecule has 24 heavy (non-hydrogen) atoms. The van der Waals surface area contributed by atoms with Gasteiger partial charge in [-0.3, -0.25) is 9.69 Å². The number of carbonyl (C=O) groups is 1. The van der Waals surface area contributed by atoms with Gasteiger partial charge < -0.3 is 4.90 Å². The summed E-state index contributed by atoms with van der Waals surface area (Å²) >= 11 is 0. The maximum Gasteiger partial charge on any atom is 0.237 e. The van der Waals surface area contributed by atoms with Crippen LogP contribution in [-0.2, 0) is 21.4 Å². The molecule has 1 saturated heterocycles. The highest BCUT2D eigenvalue weighted by Crippen LogP contribution is 2.11. The molecule has 1 aliphatic heterocycles. The van der Waals surface area contributed by atoms with Crippen LogP contribution in [0, 0.1) is 0 Å². The average Bonchev–Trinajstić information content (AvgIpc) is 2.53. The van der Waals surface area contributed by atoms with Gasteiger partial charge in [-0.1, -0.05) is 30.3 Å². The third kappa shape index (κ3) is 5.29. The second-order valence-electron chi connectivity index (χ2n) is 6.54. The molecule has 1 heterocycles. The van der Waals surface area contributed by atoms with Crippen LogP contribution in [-0.4, -0.2) is 73.5 Å². The largest absolute Gasteiger partial charge is 0.335 e. The Kier molecular flexibility index (Phi) is 6.37. The van der Waals surface area contributed by atoms with Gasteiger partial charge in [-0.05, 0) is 19.4 Å². The topological polar surface area (TPSA) is 60.9 Å². The summed E-state index contributed by atoms with van der Waals surface area (Å²) < 4.78 is 24.6. The molecule has 0 aromatic heterocycles. The van der Waals surface area contributed by atoms with E-state index in [9.17, 15) is 13.2 Å². The van der Waals surface area contributed by atoms with Crippen molar-refractivity contribution in [1.29, 1.82) is 0 Å². The van der Waals surface area contributed by atoms with Crippen molar-refractivity contribution in [3.05, 3.63) is 35.9 Å². The fourth-order valence-corrected chi connectivity index (χ4v) is 3.67. The van der Waals surface area contributed by atoms with Crippen LogP contribution in [0.5, 0.6) is 0 Å². The number of sulfonamides is 1. The average molecular weight is 353 g/mol. The lowest BCUT2D eigenvalue weighted by molar-refractivity contribution is -0.135. The Labute approximate surface area is 145 Å². The number of benzene rings is 1. The highest BCUT2D eigenvalue weighted by molar-refractivity contribution is 7.88. The molecular weight excluding hydrogens is 326 g/mol. The molecule has 0 bridgehead atoms. The van der Waals surface area contributed by atoms with E-state index in [0.29, 0.717) is 39.3 Å². The third-order valence-corrected chi connectivity index (χ3v) is 5.60. The first-order valence-corrected chi connectivity index (χ1v) is 10.1. The van der Waals surface area contributed by atoms with Crippen LogP contribution >= 0.6 is 0 Å². The maximum absolute atomic E-state index is 12.7. The molecule has 1 aromatic rings. The molecule has 0 spiro atoms. The maximum atomic E-state index is 12.7. The van der Waals surface area contributed by atoms with Crippen molar-refractivity contribution in [3.8, 4) is 0 Å². The molecular formula is C17H27N3O3S. The first-order valence-electron chi connectivity index (χ1n) is 8.28. The van der Waals surface area contributed by atoms with Crippen LogP contribution < -0.4 is 0 Å². The Morgan fingerprint density at radius 1 is 1.12 bits per heavy atom. The van der Waals surface area contributed by atoms with Gasteiger partial charge in [0.2, 0.25) is 15.9 Å². The zero-order valence-corrected chi connectivity index (χ0v) is 15.5. The smallest absolute Gasteiger partial charge is 0.237 e. The van der Waals surface area contributed by atoms with Gasteiger partial charge in [0.1, 0.15) is 0 Å². The predicted molar refractivity (Wildman–Crippen MR) is 95.0 cm³/mol. The Balaban J connectivity index is 1.92. The lowest BCUT2D eigenvalue weighted by Gasteiger charge is -2.35. The molecule has 0 atom stereocenters. The zero-order chi connectivity index (χ0) is 17.7. The van der Waals surface area contributed by atoms with Crippen LogP contribution in [0.4, 0.5) is 0 Å². The molecule has 1 fully saturated rings. The molecule has 6 nitrogen and oxygen atoms in total. The summed E-state index contributed by atoms with van der Waals surface area (Å²) in [5.74, 6) is 0.0849. The number of piperazine rings is 1. The third-order valence-electron chi connectivity index (χ3n) is 4.30. The molecule has 1 aliphatic rings. The van der Waals surface area contributed by atoms with E-state index in [4.69, 9.17) is 0 Å². The van der Waals surface area contributed by atoms with Gasteiger partial charge in [0.05, 0.1) is 12.8 Å². The van der Waals surface area contributed by atoms with Gasteiger partial charge in [0.25, 0.3) is 0 Å². The number of hydrogen-bond donors (Lipinski definition) is 0. The van der Waals surface area contributed by atoms with Crippen molar-refractivity contribution in [2.24, 2.45) is 0 Å². The molecule has 0 unspecified atom stereocenters. The standard InChI is InChI=1S/C17H27N3O3S/c1-15(2)20(13-16-7-5-4-6-8-16)17(21)14-18-9-11-19(12-10-18)24(3,22)23/h4-8,15H,9-14H2,1-3H3. The summed E-state index contributed by atoms with van der Waals surface area (Å²) in [6.07, 6.45) is 1.23. The fraction of sp³-hybridized carbons (Fsp3) is 0.588. The van der Waals surface area contributed by atoms with Gasteiger partial charge in [0.15, 0.2) is 0 Å². The van der Waals surface area contributed by atoms with Crippen LogP contribution in [0.1, 0.15) is 19.4 Å². The molecule has 7 heteroatoms. The zero-order valence-electron chi connectivity index (χ0n) is 14.7. The summed E-state index contributed by atoms with van der Waals surface area (Å²) in [6.45, 7) is 7.05. The SMILES string of the molecule is CC(C)N(Cc1ccccc1)C(=O)CN1CCN(S(C)(=O)=O)CC1. The highest BCUT2D eigenvalue weighted by atomic mass is 32.2. The fourth-order valence-electron chi connectivity index (χ4n) is 2.84. The normalized spacial score (nSPS) is 17.2. The number of nitrogens with zero attached hydrogens (tertiary/aromatic N) is 3. The predicted octanol–water partition coefficient (Wildman–Crippen LogP) is 1.00. The molecule has 1 amide bonds. The highest BCUT2D eigenvalue weighted by Gasteiger charge is 2.26. The van der Waals surface area contributed by atoms with Crippen LogP contribution in [0.3, 0.4) is 0 Å². The monoisotopic (exact) mass is 353 g/mol. The Morgan fingerprint density at radius 3 is 2.21 bits per heavy atom. The van der Waals surface area contributed by atoms with E-state index in [1.165, 1.54) is 10.6 Å².